The van der Waals surface area contributed by atoms with Gasteiger partial charge in [0.15, 0.2) is 0 Å². The van der Waals surface area contributed by atoms with Crippen LogP contribution >= 0.6 is 0 Å². The van der Waals surface area contributed by atoms with Gasteiger partial charge in [-0.05, 0) is 6.42 Å². The van der Waals surface area contributed by atoms with Crippen LogP contribution in [0.5, 0.6) is 0 Å². The summed E-state index contributed by atoms with van der Waals surface area (Å²) >= 11 is 0. The third kappa shape index (κ3) is 1.79. The SMILES string of the molecule is O=C1CCc2c(nc(-c3ccccc3)[nH]c2=O)N1. The van der Waals surface area contributed by atoms with Crippen molar-refractivity contribution in [2.75, 3.05) is 5.32 Å². The number of anilines is 1. The predicted molar refractivity (Wildman–Crippen MR) is 67.2 cm³/mol. The van der Waals surface area contributed by atoms with E-state index in [1.807, 2.05) is 30.3 Å². The fraction of sp³-hybridized carbons (Fsp3) is 0.154. The Bertz CT molecular complexity index is 662. The molecule has 0 fully saturated rings. The molecule has 3 rings (SSSR count). The number of benzene rings is 1. The normalized spacial score (nSPS) is 13.9. The monoisotopic (exact) mass is 241 g/mol. The summed E-state index contributed by atoms with van der Waals surface area (Å²) in [5.74, 6) is 0.759. The van der Waals surface area contributed by atoms with Crippen LogP contribution < -0.4 is 10.9 Å². The highest BCUT2D eigenvalue weighted by Crippen LogP contribution is 2.20. The first kappa shape index (κ1) is 10.7. The fourth-order valence-corrected chi connectivity index (χ4v) is 2.00. The van der Waals surface area contributed by atoms with Gasteiger partial charge in [-0.2, -0.15) is 0 Å². The molecule has 2 N–H and O–H groups in total. The van der Waals surface area contributed by atoms with E-state index in [2.05, 4.69) is 15.3 Å². The lowest BCUT2D eigenvalue weighted by atomic mass is 10.1. The van der Waals surface area contributed by atoms with Crippen molar-refractivity contribution in [3.05, 3.63) is 46.2 Å². The lowest BCUT2D eigenvalue weighted by Crippen LogP contribution is -2.27. The average molecular weight is 241 g/mol. The number of carbonyl (C=O) groups excluding carboxylic acids is 1. The first-order chi connectivity index (χ1) is 8.74. The van der Waals surface area contributed by atoms with Gasteiger partial charge < -0.3 is 10.3 Å². The van der Waals surface area contributed by atoms with Crippen LogP contribution in [0, 0.1) is 0 Å². The number of aromatic amines is 1. The van der Waals surface area contributed by atoms with E-state index >= 15 is 0 Å². The topological polar surface area (TPSA) is 74.8 Å². The molecule has 0 saturated heterocycles. The number of nitrogens with one attached hydrogen (secondary N) is 2. The third-order valence-electron chi connectivity index (χ3n) is 2.92. The highest BCUT2D eigenvalue weighted by Gasteiger charge is 2.20. The first-order valence-electron chi connectivity index (χ1n) is 5.72. The zero-order chi connectivity index (χ0) is 12.5. The van der Waals surface area contributed by atoms with Crippen molar-refractivity contribution in [2.24, 2.45) is 0 Å². The summed E-state index contributed by atoms with van der Waals surface area (Å²) in [6.45, 7) is 0. The van der Waals surface area contributed by atoms with Crippen LogP contribution in [0.25, 0.3) is 11.4 Å². The molecule has 0 unspecified atom stereocenters. The van der Waals surface area contributed by atoms with Gasteiger partial charge in [-0.25, -0.2) is 4.98 Å². The number of amides is 1. The van der Waals surface area contributed by atoms with Crippen LogP contribution in [-0.2, 0) is 11.2 Å². The van der Waals surface area contributed by atoms with Gasteiger partial charge in [0.05, 0.1) is 5.56 Å². The van der Waals surface area contributed by atoms with Gasteiger partial charge in [0, 0.05) is 12.0 Å². The molecule has 0 atom stereocenters. The fourth-order valence-electron chi connectivity index (χ4n) is 2.00. The molecule has 90 valence electrons. The van der Waals surface area contributed by atoms with Gasteiger partial charge in [-0.1, -0.05) is 30.3 Å². The van der Waals surface area contributed by atoms with Crippen molar-refractivity contribution in [2.45, 2.75) is 12.8 Å². The maximum absolute atomic E-state index is 11.9. The van der Waals surface area contributed by atoms with Gasteiger partial charge in [-0.15, -0.1) is 0 Å². The molecule has 1 aromatic heterocycles. The summed E-state index contributed by atoms with van der Waals surface area (Å²) in [4.78, 5) is 30.3. The van der Waals surface area contributed by atoms with Gasteiger partial charge in [0.1, 0.15) is 11.6 Å². The Morgan fingerprint density at radius 2 is 1.83 bits per heavy atom. The van der Waals surface area contributed by atoms with Gasteiger partial charge >= 0.3 is 0 Å². The summed E-state index contributed by atoms with van der Waals surface area (Å²) in [5.41, 5.74) is 1.19. The molecular weight excluding hydrogens is 230 g/mol. The summed E-state index contributed by atoms with van der Waals surface area (Å²) in [6, 6.07) is 9.34. The van der Waals surface area contributed by atoms with Gasteiger partial charge in [-0.3, -0.25) is 9.59 Å². The molecule has 1 aliphatic rings. The summed E-state index contributed by atoms with van der Waals surface area (Å²) in [6.07, 6.45) is 0.779. The summed E-state index contributed by atoms with van der Waals surface area (Å²) in [7, 11) is 0. The molecular formula is C13H11N3O2. The van der Waals surface area contributed by atoms with Crippen molar-refractivity contribution in [3.8, 4) is 11.4 Å². The Morgan fingerprint density at radius 1 is 1.06 bits per heavy atom. The number of hydrogen-bond donors (Lipinski definition) is 2. The predicted octanol–water partition coefficient (Wildman–Crippen LogP) is 1.32. The van der Waals surface area contributed by atoms with E-state index in [0.29, 0.717) is 30.0 Å². The molecule has 0 spiro atoms. The smallest absolute Gasteiger partial charge is 0.256 e. The minimum absolute atomic E-state index is 0.0976. The zero-order valence-corrected chi connectivity index (χ0v) is 9.56. The van der Waals surface area contributed by atoms with Crippen molar-refractivity contribution >= 4 is 11.7 Å². The number of carbonyl (C=O) groups is 1. The molecule has 0 radical (unpaired) electrons. The van der Waals surface area contributed by atoms with Crippen molar-refractivity contribution in [1.82, 2.24) is 9.97 Å². The molecule has 2 heterocycles. The molecule has 0 saturated carbocycles. The Kier molecular flexibility index (Phi) is 2.44. The van der Waals surface area contributed by atoms with Crippen LogP contribution in [0.3, 0.4) is 0 Å². The first-order valence-corrected chi connectivity index (χ1v) is 5.72. The van der Waals surface area contributed by atoms with Crippen LogP contribution in [0.15, 0.2) is 35.1 Å². The molecule has 1 amide bonds. The second-order valence-electron chi connectivity index (χ2n) is 4.16. The molecule has 1 aromatic carbocycles. The standard InChI is InChI=1S/C13H11N3O2/c17-10-7-6-9-12(14-10)15-11(16-13(9)18)8-4-2-1-3-5-8/h1-5H,6-7H2,(H2,14,15,16,17,18). The van der Waals surface area contributed by atoms with Crippen LogP contribution in [0.1, 0.15) is 12.0 Å². The quantitative estimate of drug-likeness (QED) is 0.790. The third-order valence-corrected chi connectivity index (χ3v) is 2.92. The van der Waals surface area contributed by atoms with Crippen molar-refractivity contribution in [1.29, 1.82) is 0 Å². The minimum Gasteiger partial charge on any atom is -0.310 e. The molecule has 5 heteroatoms. The summed E-state index contributed by atoms with van der Waals surface area (Å²) < 4.78 is 0. The number of nitrogens with zero attached hydrogens (tertiary/aromatic N) is 1. The van der Waals surface area contributed by atoms with Crippen molar-refractivity contribution < 1.29 is 4.79 Å². The summed E-state index contributed by atoms with van der Waals surface area (Å²) in [5, 5.41) is 2.64. The van der Waals surface area contributed by atoms with Crippen LogP contribution in [0.2, 0.25) is 0 Å². The number of rotatable bonds is 1. The molecule has 0 aliphatic carbocycles. The molecule has 18 heavy (non-hydrogen) atoms. The average Bonchev–Trinajstić information content (AvgIpc) is 2.39. The van der Waals surface area contributed by atoms with E-state index in [0.717, 1.165) is 5.56 Å². The number of H-pyrrole nitrogens is 1. The Hall–Kier alpha value is -2.43. The second kappa shape index (κ2) is 4.10. The Morgan fingerprint density at radius 3 is 2.61 bits per heavy atom. The largest absolute Gasteiger partial charge is 0.310 e. The van der Waals surface area contributed by atoms with Gasteiger partial charge in [0.2, 0.25) is 5.91 Å². The van der Waals surface area contributed by atoms with E-state index < -0.39 is 0 Å². The van der Waals surface area contributed by atoms with Crippen LogP contribution in [0.4, 0.5) is 5.82 Å². The second-order valence-corrected chi connectivity index (χ2v) is 4.16. The van der Waals surface area contributed by atoms with E-state index in [1.165, 1.54) is 0 Å². The Labute approximate surface area is 103 Å². The Balaban J connectivity index is 2.14. The number of aromatic nitrogens is 2. The van der Waals surface area contributed by atoms with E-state index in [9.17, 15) is 9.59 Å². The maximum Gasteiger partial charge on any atom is 0.256 e. The van der Waals surface area contributed by atoms with E-state index in [-0.39, 0.29) is 11.5 Å². The minimum atomic E-state index is -0.182. The number of fused-ring (bicyclic) bond motifs is 1. The van der Waals surface area contributed by atoms with E-state index in [4.69, 9.17) is 0 Å². The molecule has 2 aromatic rings. The van der Waals surface area contributed by atoms with Gasteiger partial charge in [0.25, 0.3) is 5.56 Å². The molecule has 1 aliphatic heterocycles. The lowest BCUT2D eigenvalue weighted by Gasteiger charge is -2.15. The highest BCUT2D eigenvalue weighted by molar-refractivity contribution is 5.92. The highest BCUT2D eigenvalue weighted by atomic mass is 16.2. The zero-order valence-electron chi connectivity index (χ0n) is 9.56. The molecule has 0 bridgehead atoms. The number of hydrogen-bond acceptors (Lipinski definition) is 3. The van der Waals surface area contributed by atoms with Crippen molar-refractivity contribution in [3.63, 3.8) is 0 Å². The lowest BCUT2D eigenvalue weighted by molar-refractivity contribution is -0.116. The molecule has 5 nitrogen and oxygen atoms in total. The van der Waals surface area contributed by atoms with E-state index in [1.54, 1.807) is 0 Å². The van der Waals surface area contributed by atoms with Crippen LogP contribution in [-0.4, -0.2) is 15.9 Å². The maximum atomic E-state index is 11.9.